The predicted octanol–water partition coefficient (Wildman–Crippen LogP) is -0.0771. The first-order valence-corrected chi connectivity index (χ1v) is 4.83. The van der Waals surface area contributed by atoms with E-state index in [-0.39, 0.29) is 0 Å². The Balaban J connectivity index is 3.19. The maximum Gasteiger partial charge on any atom is 0.383 e. The van der Waals surface area contributed by atoms with Gasteiger partial charge in [0.2, 0.25) is 0 Å². The van der Waals surface area contributed by atoms with Gasteiger partial charge >= 0.3 is 23.9 Å². The molecule has 0 fully saturated rings. The maximum absolute atomic E-state index is 12.7. The van der Waals surface area contributed by atoms with Gasteiger partial charge in [-0.1, -0.05) is 0 Å². The fourth-order valence-corrected chi connectivity index (χ4v) is 1.20. The summed E-state index contributed by atoms with van der Waals surface area (Å²) in [4.78, 5) is 33.7. The molecule has 1 heterocycles. The fourth-order valence-electron chi connectivity index (χ4n) is 1.20. The van der Waals surface area contributed by atoms with E-state index in [0.29, 0.717) is 4.57 Å². The van der Waals surface area contributed by atoms with Crippen molar-refractivity contribution in [2.75, 3.05) is 5.32 Å². The Morgan fingerprint density at radius 1 is 1.32 bits per heavy atom. The molecule has 0 atom stereocenters. The monoisotopic (exact) mass is 283 g/mol. The van der Waals surface area contributed by atoms with Crippen molar-refractivity contribution in [3.8, 4) is 0 Å². The highest BCUT2D eigenvalue weighted by Gasteiger charge is 2.49. The molecule has 0 spiro atoms. The molecule has 19 heavy (non-hydrogen) atoms. The lowest BCUT2D eigenvalue weighted by atomic mass is 10.3. The van der Waals surface area contributed by atoms with Crippen molar-refractivity contribution in [1.29, 1.82) is 0 Å². The number of hydrogen-bond acceptors (Lipinski definition) is 3. The highest BCUT2D eigenvalue weighted by molar-refractivity contribution is 5.96. The summed E-state index contributed by atoms with van der Waals surface area (Å²) in [5, 5.41) is 1.38. The van der Waals surface area contributed by atoms with Crippen molar-refractivity contribution in [1.82, 2.24) is 9.13 Å². The highest BCUT2D eigenvalue weighted by atomic mass is 19.3. The minimum Gasteiger partial charge on any atom is -0.315 e. The van der Waals surface area contributed by atoms with Gasteiger partial charge in [0, 0.05) is 20.3 Å². The third-order valence-corrected chi connectivity index (χ3v) is 2.27. The molecule has 0 saturated carbocycles. The van der Waals surface area contributed by atoms with Gasteiger partial charge in [0.25, 0.3) is 5.56 Å². The predicted molar refractivity (Wildman–Crippen MR) is 56.5 cm³/mol. The smallest absolute Gasteiger partial charge is 0.315 e. The van der Waals surface area contributed by atoms with E-state index in [2.05, 4.69) is 0 Å². The zero-order valence-corrected chi connectivity index (χ0v) is 9.79. The van der Waals surface area contributed by atoms with Gasteiger partial charge < -0.3 is 9.88 Å². The SMILES string of the molecule is Cn1cc(NC(=O)C(F)(F)C(F)F)c(=O)n(C)c1=O. The van der Waals surface area contributed by atoms with Crippen molar-refractivity contribution in [3.05, 3.63) is 27.0 Å². The van der Waals surface area contributed by atoms with Crippen molar-refractivity contribution < 1.29 is 22.4 Å². The third kappa shape index (κ3) is 2.66. The molecule has 6 nitrogen and oxygen atoms in total. The quantitative estimate of drug-likeness (QED) is 0.789. The summed E-state index contributed by atoms with van der Waals surface area (Å²) in [5.41, 5.74) is -2.54. The van der Waals surface area contributed by atoms with E-state index in [1.54, 1.807) is 0 Å². The number of halogens is 4. The zero-order valence-electron chi connectivity index (χ0n) is 9.79. The Hall–Kier alpha value is -2.13. The number of hydrogen-bond donors (Lipinski definition) is 1. The van der Waals surface area contributed by atoms with Crippen LogP contribution in [0.1, 0.15) is 0 Å². The summed E-state index contributed by atoms with van der Waals surface area (Å²) in [6, 6.07) is 0. The molecule has 0 unspecified atom stereocenters. The van der Waals surface area contributed by atoms with Gasteiger partial charge in [-0.2, -0.15) is 8.78 Å². The van der Waals surface area contributed by atoms with Crippen LogP contribution in [0.2, 0.25) is 0 Å². The topological polar surface area (TPSA) is 73.1 Å². The van der Waals surface area contributed by atoms with E-state index >= 15 is 0 Å². The molecule has 1 N–H and O–H groups in total. The Morgan fingerprint density at radius 3 is 2.32 bits per heavy atom. The first kappa shape index (κ1) is 14.9. The van der Waals surface area contributed by atoms with Crippen LogP contribution in [0.15, 0.2) is 15.8 Å². The summed E-state index contributed by atoms with van der Waals surface area (Å²) in [6.45, 7) is 0. The van der Waals surface area contributed by atoms with Gasteiger partial charge in [-0.3, -0.25) is 14.2 Å². The summed E-state index contributed by atoms with van der Waals surface area (Å²) in [7, 11) is 2.24. The zero-order chi connectivity index (χ0) is 15.0. The molecule has 10 heteroatoms. The third-order valence-electron chi connectivity index (χ3n) is 2.27. The molecule has 1 aromatic rings. The number of alkyl halides is 4. The lowest BCUT2D eigenvalue weighted by Crippen LogP contribution is -2.44. The van der Waals surface area contributed by atoms with Gasteiger partial charge in [-0.15, -0.1) is 0 Å². The largest absolute Gasteiger partial charge is 0.383 e. The minimum atomic E-state index is -4.93. The van der Waals surface area contributed by atoms with E-state index in [9.17, 15) is 31.9 Å². The van der Waals surface area contributed by atoms with Crippen LogP contribution in [0, 0.1) is 0 Å². The molecule has 1 amide bonds. The van der Waals surface area contributed by atoms with E-state index in [1.807, 2.05) is 0 Å². The molecule has 0 saturated heterocycles. The molecule has 0 bridgehead atoms. The molecular weight excluding hydrogens is 274 g/mol. The second-order valence-electron chi connectivity index (χ2n) is 3.68. The van der Waals surface area contributed by atoms with Gasteiger partial charge in [0.15, 0.2) is 0 Å². The summed E-state index contributed by atoms with van der Waals surface area (Å²) in [6.07, 6.45) is -3.44. The number of aryl methyl sites for hydroxylation is 1. The lowest BCUT2D eigenvalue weighted by molar-refractivity contribution is -0.163. The number of rotatable bonds is 3. The number of carbonyl (C=O) groups excluding carboxylic acids is 1. The van der Waals surface area contributed by atoms with Crippen LogP contribution < -0.4 is 16.6 Å². The van der Waals surface area contributed by atoms with E-state index in [4.69, 9.17) is 0 Å². The van der Waals surface area contributed by atoms with Gasteiger partial charge in [0.1, 0.15) is 5.69 Å². The second kappa shape index (κ2) is 4.86. The number of amides is 1. The van der Waals surface area contributed by atoms with Crippen molar-refractivity contribution in [3.63, 3.8) is 0 Å². The first-order valence-electron chi connectivity index (χ1n) is 4.83. The number of anilines is 1. The molecule has 0 aliphatic carbocycles. The number of nitrogens with one attached hydrogen (secondary N) is 1. The number of aromatic nitrogens is 2. The fraction of sp³-hybridized carbons (Fsp3) is 0.444. The lowest BCUT2D eigenvalue weighted by Gasteiger charge is -2.15. The average molecular weight is 283 g/mol. The number of carbonyl (C=O) groups is 1. The standard InChI is InChI=1S/C9H9F4N3O3/c1-15-3-4(5(17)16(2)8(15)19)14-7(18)9(12,13)6(10)11/h3,6H,1-2H3,(H,14,18). The van der Waals surface area contributed by atoms with E-state index < -0.39 is 35.2 Å². The van der Waals surface area contributed by atoms with Crippen LogP contribution in [0.3, 0.4) is 0 Å². The molecule has 1 rings (SSSR count). The van der Waals surface area contributed by atoms with Gasteiger partial charge in [-0.05, 0) is 0 Å². The molecule has 1 aromatic heterocycles. The van der Waals surface area contributed by atoms with E-state index in [1.165, 1.54) is 12.4 Å². The van der Waals surface area contributed by atoms with E-state index in [0.717, 1.165) is 17.8 Å². The normalized spacial score (nSPS) is 11.7. The van der Waals surface area contributed by atoms with Crippen molar-refractivity contribution in [2.45, 2.75) is 12.3 Å². The molecule has 0 aromatic carbocycles. The van der Waals surface area contributed by atoms with Crippen molar-refractivity contribution in [2.24, 2.45) is 14.1 Å². The minimum absolute atomic E-state index is 0.538. The molecule has 106 valence electrons. The second-order valence-corrected chi connectivity index (χ2v) is 3.68. The number of nitrogens with zero attached hydrogens (tertiary/aromatic N) is 2. The molecular formula is C9H9F4N3O3. The van der Waals surface area contributed by atoms with Crippen LogP contribution in [0.25, 0.3) is 0 Å². The van der Waals surface area contributed by atoms with Gasteiger partial charge in [-0.25, -0.2) is 13.6 Å². The Labute approximate surface area is 103 Å². The van der Waals surface area contributed by atoms with Crippen LogP contribution in [0.4, 0.5) is 23.2 Å². The van der Waals surface area contributed by atoms with Crippen LogP contribution in [-0.4, -0.2) is 27.4 Å². The molecule has 0 aliphatic rings. The highest BCUT2D eigenvalue weighted by Crippen LogP contribution is 2.23. The Bertz CT molecular complexity index is 620. The van der Waals surface area contributed by atoms with Crippen LogP contribution >= 0.6 is 0 Å². The van der Waals surface area contributed by atoms with Crippen LogP contribution in [-0.2, 0) is 18.9 Å². The summed E-state index contributed by atoms with van der Waals surface area (Å²) >= 11 is 0. The Kier molecular flexibility index (Phi) is 3.82. The maximum atomic E-state index is 12.7. The molecule has 0 radical (unpaired) electrons. The Morgan fingerprint density at radius 2 is 1.84 bits per heavy atom. The summed E-state index contributed by atoms with van der Waals surface area (Å²) in [5.74, 6) is -7.25. The average Bonchev–Trinajstić information content (AvgIpc) is 2.32. The first-order chi connectivity index (χ1) is 8.59. The van der Waals surface area contributed by atoms with Gasteiger partial charge in [0.05, 0.1) is 0 Å². The van der Waals surface area contributed by atoms with Crippen molar-refractivity contribution >= 4 is 11.6 Å². The van der Waals surface area contributed by atoms with Crippen LogP contribution in [0.5, 0.6) is 0 Å². The summed E-state index contributed by atoms with van der Waals surface area (Å²) < 4.78 is 50.6. The molecule has 0 aliphatic heterocycles.